The fourth-order valence-corrected chi connectivity index (χ4v) is 4.31. The molecule has 3 heterocycles. The van der Waals surface area contributed by atoms with Gasteiger partial charge in [0.25, 0.3) is 0 Å². The van der Waals surface area contributed by atoms with E-state index in [-0.39, 0.29) is 28.5 Å². The van der Waals surface area contributed by atoms with E-state index in [1.165, 1.54) is 13.0 Å². The summed E-state index contributed by atoms with van der Waals surface area (Å²) in [5, 5.41) is 22.6. The van der Waals surface area contributed by atoms with E-state index in [4.69, 9.17) is 16.6 Å². The number of carbonyl (C=O) groups excluding carboxylic acids is 1. The van der Waals surface area contributed by atoms with E-state index in [1.54, 1.807) is 11.0 Å². The van der Waals surface area contributed by atoms with Gasteiger partial charge in [-0.3, -0.25) is 4.79 Å². The Morgan fingerprint density at radius 2 is 2.03 bits per heavy atom. The number of hydrogen-bond donors (Lipinski definition) is 2. The second kappa shape index (κ2) is 9.68. The van der Waals surface area contributed by atoms with Crippen molar-refractivity contribution in [1.82, 2.24) is 19.9 Å². The van der Waals surface area contributed by atoms with Gasteiger partial charge in [-0.25, -0.2) is 19.7 Å². The molecule has 1 aromatic carbocycles. The van der Waals surface area contributed by atoms with Crippen molar-refractivity contribution in [2.45, 2.75) is 33.2 Å². The fourth-order valence-electron chi connectivity index (χ4n) is 4.16. The lowest BCUT2D eigenvalue weighted by Crippen LogP contribution is -2.32. The molecule has 178 valence electrons. The molecule has 0 aliphatic carbocycles. The van der Waals surface area contributed by atoms with E-state index in [2.05, 4.69) is 21.4 Å². The van der Waals surface area contributed by atoms with Gasteiger partial charge in [-0.15, -0.1) is 0 Å². The molecule has 0 spiro atoms. The number of aromatic nitrogens is 3. The van der Waals surface area contributed by atoms with Crippen molar-refractivity contribution in [2.24, 2.45) is 0 Å². The van der Waals surface area contributed by atoms with Crippen LogP contribution in [0.15, 0.2) is 30.3 Å². The smallest absolute Gasteiger partial charge is 0.356 e. The first-order valence-electron chi connectivity index (χ1n) is 11.0. The molecule has 9 nitrogen and oxygen atoms in total. The summed E-state index contributed by atoms with van der Waals surface area (Å²) in [6, 6.07) is 8.72. The van der Waals surface area contributed by atoms with Gasteiger partial charge in [-0.2, -0.15) is 5.26 Å². The minimum Gasteiger partial charge on any atom is -0.476 e. The van der Waals surface area contributed by atoms with Gasteiger partial charge < -0.3 is 15.3 Å². The lowest BCUT2D eigenvalue weighted by atomic mass is 9.99. The van der Waals surface area contributed by atoms with Crippen LogP contribution in [-0.2, 0) is 4.79 Å². The number of benzene rings is 1. The number of rotatable bonds is 5. The van der Waals surface area contributed by atoms with E-state index in [9.17, 15) is 20.0 Å². The van der Waals surface area contributed by atoms with E-state index >= 15 is 0 Å². The maximum atomic E-state index is 11.7. The second-order valence-corrected chi connectivity index (χ2v) is 8.79. The number of fused-ring (bicyclic) bond motifs is 1. The van der Waals surface area contributed by atoms with Crippen molar-refractivity contribution >= 4 is 45.8 Å². The first kappa shape index (κ1) is 24.1. The highest BCUT2D eigenvalue weighted by molar-refractivity contribution is 6.29. The first-order valence-corrected chi connectivity index (χ1v) is 11.4. The average Bonchev–Trinajstić information content (AvgIpc) is 2.83. The number of carbonyl (C=O) groups is 2. The van der Waals surface area contributed by atoms with Gasteiger partial charge in [-0.1, -0.05) is 23.7 Å². The van der Waals surface area contributed by atoms with E-state index in [1.807, 2.05) is 32.1 Å². The molecular formula is C25H23ClN6O3. The molecule has 35 heavy (non-hydrogen) atoms. The number of amides is 1. The maximum absolute atomic E-state index is 11.7. The summed E-state index contributed by atoms with van der Waals surface area (Å²) in [6.07, 6.45) is 2.48. The summed E-state index contributed by atoms with van der Waals surface area (Å²) in [4.78, 5) is 38.5. The van der Waals surface area contributed by atoms with Crippen LogP contribution in [0.4, 0.5) is 5.69 Å². The van der Waals surface area contributed by atoms with Gasteiger partial charge >= 0.3 is 5.97 Å². The van der Waals surface area contributed by atoms with Gasteiger partial charge in [-0.05, 0) is 49.6 Å². The zero-order chi connectivity index (χ0) is 25.3. The monoisotopic (exact) mass is 490 g/mol. The number of nitriles is 1. The van der Waals surface area contributed by atoms with Crippen molar-refractivity contribution < 1.29 is 14.7 Å². The third kappa shape index (κ3) is 4.93. The molecule has 1 aliphatic heterocycles. The van der Waals surface area contributed by atoms with Crippen LogP contribution in [0.1, 0.15) is 59.3 Å². The highest BCUT2D eigenvalue weighted by atomic mass is 35.5. The lowest BCUT2D eigenvalue weighted by Gasteiger charge is -2.25. The first-order chi connectivity index (χ1) is 16.7. The van der Waals surface area contributed by atoms with Crippen LogP contribution in [0.2, 0.25) is 5.15 Å². The van der Waals surface area contributed by atoms with Crippen LogP contribution in [0.3, 0.4) is 0 Å². The Labute approximate surface area is 207 Å². The normalized spacial score (nSPS) is 14.3. The van der Waals surface area contributed by atoms with Crippen LogP contribution in [0.25, 0.3) is 16.6 Å². The molecule has 3 aromatic rings. The zero-order valence-corrected chi connectivity index (χ0v) is 20.2. The Hall–Kier alpha value is -4.03. The highest BCUT2D eigenvalue weighted by Gasteiger charge is 2.22. The topological polar surface area (TPSA) is 132 Å². The molecule has 2 aromatic heterocycles. The molecule has 10 heteroatoms. The number of hydrogen-bond acceptors (Lipinski definition) is 7. The SMILES string of the molecule is CC(=O)N1CC=C(c2nc3c([C@@H](C)Nc4ccc(Cl)nc4C(=O)O)cc(C)cc3nc2C#N)CC1. The predicted molar refractivity (Wildman–Crippen MR) is 132 cm³/mol. The van der Waals surface area contributed by atoms with Crippen molar-refractivity contribution in [3.05, 3.63) is 63.7 Å². The summed E-state index contributed by atoms with van der Waals surface area (Å²) in [5.74, 6) is -1.19. The van der Waals surface area contributed by atoms with Crippen LogP contribution in [-0.4, -0.2) is 49.9 Å². The van der Waals surface area contributed by atoms with E-state index < -0.39 is 5.97 Å². The van der Waals surface area contributed by atoms with E-state index in [0.717, 1.165) is 16.7 Å². The standard InChI is InChI=1S/C25H23ClN6O3/c1-13-10-17(14(2)28-18-4-5-21(26)30-24(18)25(34)35)23-19(11-13)29-20(12-27)22(31-23)16-6-8-32(9-7-16)15(3)33/h4-6,10-11,14,28H,7-9H2,1-3H3,(H,34,35)/t14-/m1/s1. The average molecular weight is 491 g/mol. The van der Waals surface area contributed by atoms with Crippen molar-refractivity contribution in [3.8, 4) is 6.07 Å². The number of aryl methyl sites for hydroxylation is 1. The molecule has 0 saturated heterocycles. The molecule has 4 rings (SSSR count). The van der Waals surface area contributed by atoms with Gasteiger partial charge in [0, 0.05) is 25.6 Å². The third-order valence-electron chi connectivity index (χ3n) is 5.91. The summed E-state index contributed by atoms with van der Waals surface area (Å²) in [7, 11) is 0. The molecule has 1 atom stereocenters. The zero-order valence-electron chi connectivity index (χ0n) is 19.5. The number of nitrogens with one attached hydrogen (secondary N) is 1. The van der Waals surface area contributed by atoms with Crippen molar-refractivity contribution in [2.75, 3.05) is 18.4 Å². The Kier molecular flexibility index (Phi) is 6.67. The van der Waals surface area contributed by atoms with Crippen molar-refractivity contribution in [3.63, 3.8) is 0 Å². The quantitative estimate of drug-likeness (QED) is 0.504. The minimum absolute atomic E-state index is 0.000447. The number of halogens is 1. The summed E-state index contributed by atoms with van der Waals surface area (Å²) in [6.45, 7) is 6.34. The Morgan fingerprint density at radius 1 is 1.26 bits per heavy atom. The van der Waals surface area contributed by atoms with E-state index in [0.29, 0.717) is 41.9 Å². The molecular weight excluding hydrogens is 468 g/mol. The van der Waals surface area contributed by atoms with Crippen LogP contribution >= 0.6 is 11.6 Å². The molecule has 0 radical (unpaired) electrons. The number of anilines is 1. The number of aromatic carboxylic acids is 1. The molecule has 1 aliphatic rings. The molecule has 0 saturated carbocycles. The fraction of sp³-hybridized carbons (Fsp3) is 0.280. The Balaban J connectivity index is 1.79. The summed E-state index contributed by atoms with van der Waals surface area (Å²) < 4.78 is 0. The number of carboxylic acids is 1. The summed E-state index contributed by atoms with van der Waals surface area (Å²) in [5.41, 5.74) is 4.65. The number of carboxylic acid groups (broad SMARTS) is 1. The Morgan fingerprint density at radius 3 is 2.66 bits per heavy atom. The third-order valence-corrected chi connectivity index (χ3v) is 6.12. The highest BCUT2D eigenvalue weighted by Crippen LogP contribution is 2.31. The molecule has 0 unspecified atom stereocenters. The molecule has 1 amide bonds. The second-order valence-electron chi connectivity index (χ2n) is 8.40. The predicted octanol–water partition coefficient (Wildman–Crippen LogP) is 4.37. The van der Waals surface area contributed by atoms with Crippen LogP contribution in [0, 0.1) is 18.3 Å². The van der Waals surface area contributed by atoms with Crippen LogP contribution < -0.4 is 5.32 Å². The lowest BCUT2D eigenvalue weighted by molar-refractivity contribution is -0.128. The molecule has 0 bridgehead atoms. The van der Waals surface area contributed by atoms with Gasteiger partial charge in [0.1, 0.15) is 16.9 Å². The molecule has 2 N–H and O–H groups in total. The maximum Gasteiger partial charge on any atom is 0.356 e. The largest absolute Gasteiger partial charge is 0.476 e. The van der Waals surface area contributed by atoms with Crippen molar-refractivity contribution in [1.29, 1.82) is 5.26 Å². The van der Waals surface area contributed by atoms with Gasteiger partial charge in [0.15, 0.2) is 11.4 Å². The minimum atomic E-state index is -1.19. The Bertz CT molecular complexity index is 1430. The molecule has 0 fully saturated rings. The van der Waals surface area contributed by atoms with Crippen LogP contribution in [0.5, 0.6) is 0 Å². The van der Waals surface area contributed by atoms with Gasteiger partial charge in [0.05, 0.1) is 22.8 Å². The number of pyridine rings is 1. The number of nitrogens with zero attached hydrogens (tertiary/aromatic N) is 5. The van der Waals surface area contributed by atoms with Gasteiger partial charge in [0.2, 0.25) is 5.91 Å². The summed E-state index contributed by atoms with van der Waals surface area (Å²) >= 11 is 5.89.